The molecule has 4 rings (SSSR count). The van der Waals surface area contributed by atoms with E-state index < -0.39 is 74.5 Å². The summed E-state index contributed by atoms with van der Waals surface area (Å²) >= 11 is 0. The number of carbonyl (C=O) groups excluding carboxylic acids is 1. The van der Waals surface area contributed by atoms with Crippen molar-refractivity contribution < 1.29 is 83.2 Å². The number of phenolic OH excluding ortho intramolecular Hbond substituents is 1. The molecule has 2 fully saturated rings. The number of ether oxygens (including phenoxy) is 9. The minimum Gasteiger partial charge on any atom is -0.502 e. The molecule has 0 spiro atoms. The Morgan fingerprint density at radius 1 is 0.870 bits per heavy atom. The minimum atomic E-state index is -2.10. The van der Waals surface area contributed by atoms with E-state index in [0.717, 1.165) is 0 Å². The van der Waals surface area contributed by atoms with E-state index in [1.54, 1.807) is 0 Å². The van der Waals surface area contributed by atoms with Gasteiger partial charge in [-0.1, -0.05) is 0 Å². The van der Waals surface area contributed by atoms with Crippen LogP contribution in [0.15, 0.2) is 24.3 Å². The Balaban J connectivity index is 1.39. The van der Waals surface area contributed by atoms with Crippen LogP contribution in [0.1, 0.15) is 15.9 Å². The minimum absolute atomic E-state index is 0.0205. The number of carbonyl (C=O) groups is 1. The molecule has 2 aliphatic heterocycles. The number of hydrogen-bond donors (Lipinski definition) is 7. The number of aliphatic hydroxyl groups is 6. The molecule has 2 saturated heterocycles. The fourth-order valence-corrected chi connectivity index (χ4v) is 4.81. The third kappa shape index (κ3) is 7.17. The molecule has 0 amide bonds. The molecule has 0 aromatic heterocycles. The lowest BCUT2D eigenvalue weighted by atomic mass is 9.99. The normalized spacial score (nSPS) is 29.2. The molecule has 0 unspecified atom stereocenters. The van der Waals surface area contributed by atoms with E-state index >= 15 is 0 Å². The summed E-state index contributed by atoms with van der Waals surface area (Å²) in [5, 5.41) is 72.9. The van der Waals surface area contributed by atoms with Crippen molar-refractivity contribution in [2.24, 2.45) is 0 Å². The van der Waals surface area contributed by atoms with E-state index in [4.69, 9.17) is 42.6 Å². The van der Waals surface area contributed by atoms with Crippen LogP contribution >= 0.6 is 0 Å². The second-order valence-electron chi connectivity index (χ2n) is 10.5. The largest absolute Gasteiger partial charge is 0.502 e. The maximum Gasteiger partial charge on any atom is 0.338 e. The van der Waals surface area contributed by atoms with Crippen LogP contribution in [0.2, 0.25) is 0 Å². The SMILES string of the molecule is COc1cc(C(=O)OC[C@]2(O)CO[C@@H](OC[C@@H]3O[C@H](Oc4c(OC)cc(CO)cc4OC)[C@H](O)[C@H](O)[C@@H]3O)[C@@H]2O)cc(OC)c1O. The molecule has 7 N–H and O–H groups in total. The van der Waals surface area contributed by atoms with E-state index in [2.05, 4.69) is 0 Å². The Morgan fingerprint density at radius 2 is 1.46 bits per heavy atom. The lowest BCUT2D eigenvalue weighted by molar-refractivity contribution is -0.289. The second kappa shape index (κ2) is 14.8. The van der Waals surface area contributed by atoms with Crippen molar-refractivity contribution in [3.05, 3.63) is 35.4 Å². The molecular formula is C29H38O17. The Morgan fingerprint density at radius 3 is 2.00 bits per heavy atom. The van der Waals surface area contributed by atoms with Gasteiger partial charge in [-0.3, -0.25) is 0 Å². The number of phenols is 1. The first kappa shape index (κ1) is 35.2. The topological polar surface area (TPSA) is 242 Å². The second-order valence-corrected chi connectivity index (χ2v) is 10.5. The molecule has 2 aromatic carbocycles. The van der Waals surface area contributed by atoms with Crippen LogP contribution < -0.4 is 23.7 Å². The van der Waals surface area contributed by atoms with Gasteiger partial charge in [-0.05, 0) is 29.8 Å². The summed E-state index contributed by atoms with van der Waals surface area (Å²) in [6.07, 6.45) is -11.3. The molecule has 8 atom stereocenters. The van der Waals surface area contributed by atoms with Crippen LogP contribution in [-0.2, 0) is 25.6 Å². The summed E-state index contributed by atoms with van der Waals surface area (Å²) in [5.74, 6) is -1.15. The standard InChI is InChI=1S/C29H38O17/c1-38-15-7-14(8-16(39-2)20(15)31)26(36)43-11-29(37)12-44-28(25(29)35)42-10-19-21(32)22(33)23(34)27(45-19)46-24-17(40-3)5-13(9-30)6-18(24)41-4/h5-8,19,21-23,25,27-28,30-35,37H,9-12H2,1-4H3/t19-,21+,22+,23+,25-,27+,28+,29-/m0/s1. The molecule has 2 aliphatic rings. The molecule has 0 aliphatic carbocycles. The van der Waals surface area contributed by atoms with E-state index in [-0.39, 0.29) is 46.7 Å². The van der Waals surface area contributed by atoms with Gasteiger partial charge in [-0.2, -0.15) is 0 Å². The predicted octanol–water partition coefficient (Wildman–Crippen LogP) is -1.57. The monoisotopic (exact) mass is 658 g/mol. The maximum absolute atomic E-state index is 12.7. The number of esters is 1. The quantitative estimate of drug-likeness (QED) is 0.120. The van der Waals surface area contributed by atoms with Gasteiger partial charge in [0.2, 0.25) is 17.8 Å². The maximum atomic E-state index is 12.7. The predicted molar refractivity (Wildman–Crippen MR) is 151 cm³/mol. The van der Waals surface area contributed by atoms with Crippen LogP contribution in [0.5, 0.6) is 34.5 Å². The van der Waals surface area contributed by atoms with Crippen LogP contribution in [0.25, 0.3) is 0 Å². The molecule has 46 heavy (non-hydrogen) atoms. The summed E-state index contributed by atoms with van der Waals surface area (Å²) in [7, 11) is 5.23. The van der Waals surface area contributed by atoms with Gasteiger partial charge < -0.3 is 78.4 Å². The smallest absolute Gasteiger partial charge is 0.338 e. The van der Waals surface area contributed by atoms with Crippen LogP contribution in [0, 0.1) is 0 Å². The first-order chi connectivity index (χ1) is 21.9. The highest BCUT2D eigenvalue weighted by molar-refractivity contribution is 5.91. The lowest BCUT2D eigenvalue weighted by Crippen LogP contribution is -2.60. The zero-order valence-electron chi connectivity index (χ0n) is 25.4. The van der Waals surface area contributed by atoms with Crippen LogP contribution in [0.4, 0.5) is 0 Å². The summed E-state index contributed by atoms with van der Waals surface area (Å²) in [4.78, 5) is 12.7. The number of aliphatic hydroxyl groups excluding tert-OH is 5. The van der Waals surface area contributed by atoms with E-state index in [0.29, 0.717) is 5.56 Å². The first-order valence-electron chi connectivity index (χ1n) is 13.9. The molecule has 0 radical (unpaired) electrons. The van der Waals surface area contributed by atoms with E-state index in [1.165, 1.54) is 52.7 Å². The van der Waals surface area contributed by atoms with Crippen molar-refractivity contribution >= 4 is 5.97 Å². The zero-order valence-corrected chi connectivity index (χ0v) is 25.4. The lowest BCUT2D eigenvalue weighted by Gasteiger charge is -2.40. The molecule has 2 aromatic rings. The third-order valence-corrected chi connectivity index (χ3v) is 7.50. The van der Waals surface area contributed by atoms with Crippen molar-refractivity contribution in [1.29, 1.82) is 0 Å². The number of rotatable bonds is 13. The molecule has 17 heteroatoms. The highest BCUT2D eigenvalue weighted by Gasteiger charge is 2.51. The van der Waals surface area contributed by atoms with Gasteiger partial charge in [-0.15, -0.1) is 0 Å². The Hall–Kier alpha value is -3.65. The van der Waals surface area contributed by atoms with Crippen molar-refractivity contribution in [1.82, 2.24) is 0 Å². The highest BCUT2D eigenvalue weighted by Crippen LogP contribution is 2.41. The summed E-state index contributed by atoms with van der Waals surface area (Å²) < 4.78 is 48.2. The van der Waals surface area contributed by atoms with Gasteiger partial charge in [0.05, 0.1) is 53.8 Å². The number of benzene rings is 2. The molecule has 0 saturated carbocycles. The van der Waals surface area contributed by atoms with Crippen molar-refractivity contribution in [3.63, 3.8) is 0 Å². The zero-order chi connectivity index (χ0) is 33.8. The van der Waals surface area contributed by atoms with Gasteiger partial charge in [0, 0.05) is 0 Å². The van der Waals surface area contributed by atoms with Crippen LogP contribution in [0.3, 0.4) is 0 Å². The third-order valence-electron chi connectivity index (χ3n) is 7.50. The van der Waals surface area contributed by atoms with E-state index in [1.807, 2.05) is 0 Å². The molecular weight excluding hydrogens is 620 g/mol. The molecule has 256 valence electrons. The Bertz CT molecular complexity index is 1300. The average Bonchev–Trinajstić information content (AvgIpc) is 3.35. The van der Waals surface area contributed by atoms with Gasteiger partial charge >= 0.3 is 5.97 Å². The summed E-state index contributed by atoms with van der Waals surface area (Å²) in [6.45, 7) is -2.08. The average molecular weight is 659 g/mol. The molecule has 2 heterocycles. The van der Waals surface area contributed by atoms with E-state index in [9.17, 15) is 40.5 Å². The fourth-order valence-electron chi connectivity index (χ4n) is 4.81. The van der Waals surface area contributed by atoms with Crippen molar-refractivity contribution in [2.75, 3.05) is 48.3 Å². The summed E-state index contributed by atoms with van der Waals surface area (Å²) in [5.41, 5.74) is -1.73. The molecule has 17 nitrogen and oxygen atoms in total. The van der Waals surface area contributed by atoms with Crippen LogP contribution in [-0.4, -0.2) is 139 Å². The Labute approximate surface area is 262 Å². The summed E-state index contributed by atoms with van der Waals surface area (Å²) in [6, 6.07) is 5.33. The highest BCUT2D eigenvalue weighted by atomic mass is 16.7. The first-order valence-corrected chi connectivity index (χ1v) is 13.9. The molecule has 0 bridgehead atoms. The number of hydrogen-bond acceptors (Lipinski definition) is 17. The van der Waals surface area contributed by atoms with Crippen molar-refractivity contribution in [2.45, 2.75) is 55.3 Å². The number of methoxy groups -OCH3 is 4. The van der Waals surface area contributed by atoms with Crippen molar-refractivity contribution in [3.8, 4) is 34.5 Å². The van der Waals surface area contributed by atoms with Gasteiger partial charge in [0.15, 0.2) is 34.9 Å². The van der Waals surface area contributed by atoms with Gasteiger partial charge in [0.1, 0.15) is 37.1 Å². The van der Waals surface area contributed by atoms with Gasteiger partial charge in [0.25, 0.3) is 0 Å². The Kier molecular flexibility index (Phi) is 11.4. The number of aromatic hydroxyl groups is 1. The fraction of sp³-hybridized carbons (Fsp3) is 0.552. The van der Waals surface area contributed by atoms with Gasteiger partial charge in [-0.25, -0.2) is 4.79 Å².